The summed E-state index contributed by atoms with van der Waals surface area (Å²) in [6.45, 7) is 1.94. The standard InChI is InChI=1S/C24H21ClF3N5O2S/c25-16-3-1-14(19(9-16)24(26,27)28)8-18(13-2-4-20-15(7-13)10-30-32-20)21-22(35)31-23(36-21)33-6-5-29-11-17(34)12-33/h1-4,7,9-10,17,29,34-35H,5-6,8,11-12H2/b18-13+. The molecular formula is C24H21ClF3N5O2S. The van der Waals surface area contributed by atoms with E-state index in [1.54, 1.807) is 24.4 Å². The number of anilines is 1. The molecule has 3 aromatic rings. The fourth-order valence-corrected chi connectivity index (χ4v) is 5.49. The van der Waals surface area contributed by atoms with E-state index in [2.05, 4.69) is 20.5 Å². The molecule has 0 saturated carbocycles. The van der Waals surface area contributed by atoms with Gasteiger partial charge in [-0.1, -0.05) is 35.1 Å². The average molecular weight is 536 g/mol. The molecule has 0 spiro atoms. The fourth-order valence-electron chi connectivity index (χ4n) is 4.26. The summed E-state index contributed by atoms with van der Waals surface area (Å²) in [4.78, 5) is 6.52. The summed E-state index contributed by atoms with van der Waals surface area (Å²) in [5.41, 5.74) is 0.379. The largest absolute Gasteiger partial charge is 0.492 e. The summed E-state index contributed by atoms with van der Waals surface area (Å²) in [5, 5.41) is 33.8. The third-order valence-electron chi connectivity index (χ3n) is 6.00. The van der Waals surface area contributed by atoms with Gasteiger partial charge in [-0.3, -0.25) is 0 Å². The Balaban J connectivity index is 1.65. The maximum absolute atomic E-state index is 13.9. The maximum Gasteiger partial charge on any atom is 0.416 e. The third kappa shape index (κ3) is 5.10. The third-order valence-corrected chi connectivity index (χ3v) is 7.40. The van der Waals surface area contributed by atoms with Crippen molar-refractivity contribution in [3.8, 4) is 5.88 Å². The van der Waals surface area contributed by atoms with Crippen molar-refractivity contribution in [2.45, 2.75) is 18.7 Å². The highest BCUT2D eigenvalue weighted by Crippen LogP contribution is 2.39. The minimum Gasteiger partial charge on any atom is -0.492 e. The normalized spacial score (nSPS) is 18.6. The first-order valence-corrected chi connectivity index (χ1v) is 12.3. The van der Waals surface area contributed by atoms with Gasteiger partial charge in [0, 0.05) is 43.2 Å². The van der Waals surface area contributed by atoms with Gasteiger partial charge in [0.05, 0.1) is 28.1 Å². The van der Waals surface area contributed by atoms with E-state index in [1.807, 2.05) is 4.90 Å². The average Bonchev–Trinajstić information content (AvgIpc) is 3.39. The van der Waals surface area contributed by atoms with Crippen LogP contribution in [0.3, 0.4) is 0 Å². The van der Waals surface area contributed by atoms with Crippen molar-refractivity contribution in [2.24, 2.45) is 10.2 Å². The zero-order valence-corrected chi connectivity index (χ0v) is 20.3. The van der Waals surface area contributed by atoms with Gasteiger partial charge >= 0.3 is 6.18 Å². The Labute approximate surface area is 212 Å². The van der Waals surface area contributed by atoms with Crippen LogP contribution >= 0.6 is 22.9 Å². The Bertz CT molecular complexity index is 1460. The molecule has 0 aliphatic carbocycles. The van der Waals surface area contributed by atoms with Gasteiger partial charge in [0.2, 0.25) is 5.88 Å². The van der Waals surface area contributed by atoms with Crippen LogP contribution in [0.1, 0.15) is 21.6 Å². The Morgan fingerprint density at radius 3 is 2.86 bits per heavy atom. The Morgan fingerprint density at radius 2 is 2.06 bits per heavy atom. The van der Waals surface area contributed by atoms with Crippen molar-refractivity contribution in [1.82, 2.24) is 10.3 Å². The van der Waals surface area contributed by atoms with Gasteiger partial charge in [-0.2, -0.15) is 28.4 Å². The zero-order chi connectivity index (χ0) is 25.4. The van der Waals surface area contributed by atoms with Crippen LogP contribution in [-0.4, -0.2) is 53.7 Å². The number of halogens is 4. The molecule has 7 nitrogen and oxygen atoms in total. The summed E-state index contributed by atoms with van der Waals surface area (Å²) in [5.74, 6) is -0.280. The number of aliphatic hydroxyl groups is 1. The highest BCUT2D eigenvalue weighted by molar-refractivity contribution is 7.17. The number of thiazole rings is 1. The van der Waals surface area contributed by atoms with E-state index < -0.39 is 17.8 Å². The predicted molar refractivity (Wildman–Crippen MR) is 132 cm³/mol. The molecule has 3 heterocycles. The van der Waals surface area contributed by atoms with Crippen LogP contribution in [0.2, 0.25) is 5.02 Å². The number of fused-ring (bicyclic) bond motifs is 1. The van der Waals surface area contributed by atoms with Crippen LogP contribution in [0.25, 0.3) is 5.57 Å². The SMILES string of the molecule is Oc1nc(N2CCNCC(O)C2)sc1/C(Cc1ccc(Cl)cc1C(F)(F)F)=c1\ccc2c(c1)C=NN=2. The lowest BCUT2D eigenvalue weighted by Crippen LogP contribution is -2.32. The second kappa shape index (κ2) is 9.81. The van der Waals surface area contributed by atoms with Crippen LogP contribution in [0, 0.1) is 0 Å². The molecule has 0 amide bonds. The number of aromatic hydroxyl groups is 1. The van der Waals surface area contributed by atoms with Gasteiger partial charge in [-0.25, -0.2) is 0 Å². The summed E-state index contributed by atoms with van der Waals surface area (Å²) >= 11 is 7.06. The molecule has 3 N–H and O–H groups in total. The molecular weight excluding hydrogens is 515 g/mol. The van der Waals surface area contributed by atoms with Gasteiger partial charge in [-0.05, 0) is 40.6 Å². The lowest BCUT2D eigenvalue weighted by molar-refractivity contribution is -0.138. The first-order valence-electron chi connectivity index (χ1n) is 11.1. The van der Waals surface area contributed by atoms with Gasteiger partial charge in [0.1, 0.15) is 0 Å². The van der Waals surface area contributed by atoms with E-state index in [9.17, 15) is 23.4 Å². The molecule has 5 rings (SSSR count). The zero-order valence-electron chi connectivity index (χ0n) is 18.8. The molecule has 1 unspecified atom stereocenters. The number of aromatic nitrogens is 1. The Kier molecular flexibility index (Phi) is 6.73. The fraction of sp³-hybridized carbons (Fsp3) is 0.292. The predicted octanol–water partition coefficient (Wildman–Crippen LogP) is 2.70. The molecule has 2 aromatic carbocycles. The Hall–Kier alpha value is -2.99. The smallest absolute Gasteiger partial charge is 0.416 e. The van der Waals surface area contributed by atoms with Crippen LogP contribution in [-0.2, 0) is 12.6 Å². The first-order chi connectivity index (χ1) is 17.2. The van der Waals surface area contributed by atoms with Crippen molar-refractivity contribution in [3.05, 3.63) is 73.6 Å². The van der Waals surface area contributed by atoms with Crippen molar-refractivity contribution >= 4 is 39.9 Å². The van der Waals surface area contributed by atoms with Crippen LogP contribution in [0.4, 0.5) is 18.3 Å². The minimum absolute atomic E-state index is 0.0146. The lowest BCUT2D eigenvalue weighted by Gasteiger charge is -2.20. The molecule has 0 radical (unpaired) electrons. The Morgan fingerprint density at radius 1 is 1.22 bits per heavy atom. The summed E-state index contributed by atoms with van der Waals surface area (Å²) in [7, 11) is 0. The highest BCUT2D eigenvalue weighted by atomic mass is 35.5. The van der Waals surface area contributed by atoms with Gasteiger partial charge in [-0.15, -0.1) is 0 Å². The number of benzene rings is 2. The molecule has 2 aliphatic rings. The van der Waals surface area contributed by atoms with Crippen LogP contribution in [0.5, 0.6) is 5.88 Å². The molecule has 188 valence electrons. The molecule has 1 saturated heterocycles. The van der Waals surface area contributed by atoms with Crippen molar-refractivity contribution in [2.75, 3.05) is 31.1 Å². The number of alkyl halides is 3. The molecule has 36 heavy (non-hydrogen) atoms. The van der Waals surface area contributed by atoms with E-state index >= 15 is 0 Å². The number of nitrogens with one attached hydrogen (secondary N) is 1. The minimum atomic E-state index is -4.61. The number of rotatable bonds is 4. The molecule has 1 aromatic heterocycles. The lowest BCUT2D eigenvalue weighted by atomic mass is 9.96. The quantitative estimate of drug-likeness (QED) is 0.478. The van der Waals surface area contributed by atoms with E-state index in [0.717, 1.165) is 11.6 Å². The summed E-state index contributed by atoms with van der Waals surface area (Å²) < 4.78 is 41.6. The summed E-state index contributed by atoms with van der Waals surface area (Å²) in [6, 6.07) is 8.94. The topological polar surface area (TPSA) is 93.3 Å². The van der Waals surface area contributed by atoms with E-state index in [-0.39, 0.29) is 22.9 Å². The van der Waals surface area contributed by atoms with E-state index in [0.29, 0.717) is 52.3 Å². The number of hydrogen-bond acceptors (Lipinski definition) is 8. The number of aliphatic hydroxyl groups excluding tert-OH is 1. The monoisotopic (exact) mass is 535 g/mol. The van der Waals surface area contributed by atoms with Crippen molar-refractivity contribution in [1.29, 1.82) is 0 Å². The molecule has 12 heteroatoms. The molecule has 0 bridgehead atoms. The van der Waals surface area contributed by atoms with Crippen molar-refractivity contribution < 1.29 is 23.4 Å². The van der Waals surface area contributed by atoms with Crippen molar-refractivity contribution in [3.63, 3.8) is 0 Å². The van der Waals surface area contributed by atoms with E-state index in [1.165, 1.54) is 23.5 Å². The molecule has 1 fully saturated rings. The highest BCUT2D eigenvalue weighted by Gasteiger charge is 2.34. The first kappa shape index (κ1) is 24.7. The number of β-amino-alcohol motifs (C(OH)–C–C–N with tert-alkyl or cyclic N) is 1. The van der Waals surface area contributed by atoms with Gasteiger partial charge < -0.3 is 20.4 Å². The van der Waals surface area contributed by atoms with Gasteiger partial charge in [0.25, 0.3) is 0 Å². The summed E-state index contributed by atoms with van der Waals surface area (Å²) in [6.07, 6.45) is -3.78. The van der Waals surface area contributed by atoms with Crippen LogP contribution in [0.15, 0.2) is 46.6 Å². The van der Waals surface area contributed by atoms with E-state index in [4.69, 9.17) is 11.6 Å². The van der Waals surface area contributed by atoms with Crippen LogP contribution < -0.4 is 20.8 Å². The second-order valence-corrected chi connectivity index (χ2v) is 9.94. The number of nitrogens with zero attached hydrogens (tertiary/aromatic N) is 4. The second-order valence-electron chi connectivity index (χ2n) is 8.53. The number of hydrogen-bond donors (Lipinski definition) is 3. The molecule has 1 atom stereocenters. The maximum atomic E-state index is 13.9. The molecule has 2 aliphatic heterocycles. The van der Waals surface area contributed by atoms with Gasteiger partial charge in [0.15, 0.2) is 5.13 Å².